The van der Waals surface area contributed by atoms with Gasteiger partial charge in [-0.05, 0) is 30.4 Å². The highest BCUT2D eigenvalue weighted by molar-refractivity contribution is 6.04. The molecule has 0 fully saturated rings. The topological polar surface area (TPSA) is 50.2 Å². The van der Waals surface area contributed by atoms with E-state index in [-0.39, 0.29) is 22.4 Å². The van der Waals surface area contributed by atoms with Crippen molar-refractivity contribution in [3.05, 3.63) is 40.6 Å². The monoisotopic (exact) mass is 263 g/mol. The number of aromatic carboxylic acids is 1. The summed E-state index contributed by atoms with van der Waals surface area (Å²) in [4.78, 5) is 15.7. The van der Waals surface area contributed by atoms with Crippen molar-refractivity contribution >= 4 is 16.9 Å². The molecule has 1 unspecified atom stereocenters. The van der Waals surface area contributed by atoms with E-state index in [0.29, 0.717) is 17.7 Å². The molecule has 19 heavy (non-hydrogen) atoms. The summed E-state index contributed by atoms with van der Waals surface area (Å²) in [5, 5.41) is 9.52. The van der Waals surface area contributed by atoms with Gasteiger partial charge < -0.3 is 5.11 Å². The normalized spacial score (nSPS) is 17.7. The van der Waals surface area contributed by atoms with E-state index in [1.807, 2.05) is 6.92 Å². The molecule has 0 bridgehead atoms. The molecule has 2 aromatic rings. The molecule has 0 saturated heterocycles. The second kappa shape index (κ2) is 3.98. The van der Waals surface area contributed by atoms with Crippen LogP contribution in [0.25, 0.3) is 10.9 Å². The number of nitrogens with zero attached hydrogens (tertiary/aromatic N) is 1. The van der Waals surface area contributed by atoms with E-state index in [4.69, 9.17) is 0 Å². The van der Waals surface area contributed by atoms with Crippen LogP contribution in [0.3, 0.4) is 0 Å². The molecule has 0 saturated carbocycles. The Morgan fingerprint density at radius 3 is 2.74 bits per heavy atom. The first-order chi connectivity index (χ1) is 8.99. The first-order valence-corrected chi connectivity index (χ1v) is 6.04. The molecule has 1 aliphatic carbocycles. The highest BCUT2D eigenvalue weighted by Crippen LogP contribution is 2.37. The SMILES string of the molecule is CC1CCc2c1nc1cc(F)c(F)cc1c2C(=O)O. The molecule has 1 atom stereocenters. The lowest BCUT2D eigenvalue weighted by atomic mass is 10.00. The Hall–Kier alpha value is -2.04. The van der Waals surface area contributed by atoms with Crippen LogP contribution < -0.4 is 0 Å². The minimum absolute atomic E-state index is 0.0586. The lowest BCUT2D eigenvalue weighted by Gasteiger charge is -2.10. The lowest BCUT2D eigenvalue weighted by molar-refractivity contribution is 0.0698. The average molecular weight is 263 g/mol. The smallest absolute Gasteiger partial charge is 0.336 e. The maximum Gasteiger partial charge on any atom is 0.336 e. The molecule has 98 valence electrons. The number of pyridine rings is 1. The van der Waals surface area contributed by atoms with Crippen LogP contribution in [0.2, 0.25) is 0 Å². The van der Waals surface area contributed by atoms with E-state index in [1.54, 1.807) is 0 Å². The number of carboxylic acid groups (broad SMARTS) is 1. The Morgan fingerprint density at radius 2 is 2.05 bits per heavy atom. The minimum atomic E-state index is -1.12. The highest BCUT2D eigenvalue weighted by Gasteiger charge is 2.28. The van der Waals surface area contributed by atoms with E-state index < -0.39 is 17.6 Å². The quantitative estimate of drug-likeness (QED) is 0.859. The third-order valence-electron chi connectivity index (χ3n) is 3.67. The van der Waals surface area contributed by atoms with Crippen molar-refractivity contribution in [3.63, 3.8) is 0 Å². The molecular weight excluding hydrogens is 252 g/mol. The van der Waals surface area contributed by atoms with Gasteiger partial charge in [-0.2, -0.15) is 0 Å². The molecule has 3 nitrogen and oxygen atoms in total. The molecule has 0 amide bonds. The van der Waals surface area contributed by atoms with Crippen molar-refractivity contribution in [2.75, 3.05) is 0 Å². The van der Waals surface area contributed by atoms with Gasteiger partial charge >= 0.3 is 5.97 Å². The predicted molar refractivity (Wildman–Crippen MR) is 65.4 cm³/mol. The summed E-state index contributed by atoms with van der Waals surface area (Å²) in [7, 11) is 0. The summed E-state index contributed by atoms with van der Waals surface area (Å²) in [6.45, 7) is 1.95. The van der Waals surface area contributed by atoms with Gasteiger partial charge in [-0.15, -0.1) is 0 Å². The maximum atomic E-state index is 13.3. The number of hydrogen-bond acceptors (Lipinski definition) is 2. The first kappa shape index (κ1) is 12.0. The fourth-order valence-electron chi connectivity index (χ4n) is 2.72. The second-order valence-corrected chi connectivity index (χ2v) is 4.88. The van der Waals surface area contributed by atoms with Crippen molar-refractivity contribution in [3.8, 4) is 0 Å². The van der Waals surface area contributed by atoms with Crippen LogP contribution in [-0.2, 0) is 6.42 Å². The Labute approximate surface area is 107 Å². The summed E-state index contributed by atoms with van der Waals surface area (Å²) in [5.74, 6) is -3.04. The number of halogens is 2. The molecule has 0 aliphatic heterocycles. The molecule has 1 aromatic carbocycles. The zero-order chi connectivity index (χ0) is 13.7. The number of benzene rings is 1. The fourth-order valence-corrected chi connectivity index (χ4v) is 2.72. The molecule has 0 spiro atoms. The summed E-state index contributed by atoms with van der Waals surface area (Å²) < 4.78 is 26.6. The number of carbonyl (C=O) groups is 1. The van der Waals surface area contributed by atoms with Crippen LogP contribution in [0.4, 0.5) is 8.78 Å². The molecule has 3 rings (SSSR count). The summed E-state index contributed by atoms with van der Waals surface area (Å²) in [5.41, 5.74) is 1.60. The van der Waals surface area contributed by atoms with Crippen LogP contribution in [0.1, 0.15) is 40.9 Å². The van der Waals surface area contributed by atoms with Crippen LogP contribution in [0.15, 0.2) is 12.1 Å². The Balaban J connectivity index is 2.45. The number of hydrogen-bond donors (Lipinski definition) is 1. The van der Waals surface area contributed by atoms with Gasteiger partial charge in [-0.25, -0.2) is 13.6 Å². The molecule has 1 N–H and O–H groups in total. The van der Waals surface area contributed by atoms with Crippen molar-refractivity contribution in [2.45, 2.75) is 25.7 Å². The maximum absolute atomic E-state index is 13.3. The average Bonchev–Trinajstić information content (AvgIpc) is 2.69. The van der Waals surface area contributed by atoms with Gasteiger partial charge in [0.1, 0.15) is 0 Å². The predicted octanol–water partition coefficient (Wildman–Crippen LogP) is 3.26. The van der Waals surface area contributed by atoms with Crippen LogP contribution in [-0.4, -0.2) is 16.1 Å². The summed E-state index contributed by atoms with van der Waals surface area (Å²) in [6.07, 6.45) is 1.42. The van der Waals surface area contributed by atoms with Gasteiger partial charge in [0.15, 0.2) is 11.6 Å². The van der Waals surface area contributed by atoms with Gasteiger partial charge in [0.2, 0.25) is 0 Å². The van der Waals surface area contributed by atoms with Crippen molar-refractivity contribution < 1.29 is 18.7 Å². The van der Waals surface area contributed by atoms with Crippen molar-refractivity contribution in [1.82, 2.24) is 4.98 Å². The number of carboxylic acids is 1. The minimum Gasteiger partial charge on any atom is -0.478 e. The van der Waals surface area contributed by atoms with E-state index in [2.05, 4.69) is 4.98 Å². The van der Waals surface area contributed by atoms with Crippen molar-refractivity contribution in [1.29, 1.82) is 0 Å². The Kier molecular flexibility index (Phi) is 2.52. The van der Waals surface area contributed by atoms with Crippen molar-refractivity contribution in [2.24, 2.45) is 0 Å². The van der Waals surface area contributed by atoms with E-state index >= 15 is 0 Å². The lowest BCUT2D eigenvalue weighted by Crippen LogP contribution is -2.07. The number of fused-ring (bicyclic) bond motifs is 2. The standard InChI is InChI=1S/C14H11F2NO2/c1-6-2-3-7-12(14(18)19)8-4-9(15)10(16)5-11(8)17-13(6)7/h4-6H,2-3H2,1H3,(H,18,19). The summed E-state index contributed by atoms with van der Waals surface area (Å²) in [6, 6.07) is 1.88. The molecule has 1 heterocycles. The highest BCUT2D eigenvalue weighted by atomic mass is 19.2. The van der Waals surface area contributed by atoms with Crippen LogP contribution in [0, 0.1) is 11.6 Å². The zero-order valence-corrected chi connectivity index (χ0v) is 10.2. The largest absolute Gasteiger partial charge is 0.478 e. The molecule has 1 aromatic heterocycles. The third kappa shape index (κ3) is 1.69. The van der Waals surface area contributed by atoms with E-state index in [0.717, 1.165) is 18.6 Å². The second-order valence-electron chi connectivity index (χ2n) is 4.88. The van der Waals surface area contributed by atoms with Gasteiger partial charge in [0.25, 0.3) is 0 Å². The third-order valence-corrected chi connectivity index (χ3v) is 3.67. The van der Waals surface area contributed by atoms with E-state index in [9.17, 15) is 18.7 Å². The van der Waals surface area contributed by atoms with Gasteiger partial charge in [0.05, 0.1) is 11.1 Å². The summed E-state index contributed by atoms with van der Waals surface area (Å²) >= 11 is 0. The first-order valence-electron chi connectivity index (χ1n) is 6.04. The molecule has 5 heteroatoms. The molecule has 0 radical (unpaired) electrons. The number of rotatable bonds is 1. The Bertz CT molecular complexity index is 712. The van der Waals surface area contributed by atoms with Gasteiger partial charge in [-0.1, -0.05) is 6.92 Å². The zero-order valence-electron chi connectivity index (χ0n) is 10.2. The fraction of sp³-hybridized carbons (Fsp3) is 0.286. The molecular formula is C14H11F2NO2. The van der Waals surface area contributed by atoms with E-state index in [1.165, 1.54) is 0 Å². The van der Waals surface area contributed by atoms with Gasteiger partial charge in [-0.3, -0.25) is 4.98 Å². The van der Waals surface area contributed by atoms with Gasteiger partial charge in [0, 0.05) is 17.1 Å². The number of aromatic nitrogens is 1. The van der Waals surface area contributed by atoms with Crippen LogP contribution >= 0.6 is 0 Å². The molecule has 1 aliphatic rings. The Morgan fingerprint density at radius 1 is 1.37 bits per heavy atom. The van der Waals surface area contributed by atoms with Crippen LogP contribution in [0.5, 0.6) is 0 Å².